The highest BCUT2D eigenvalue weighted by Crippen LogP contribution is 2.35. The van der Waals surface area contributed by atoms with E-state index in [0.717, 1.165) is 0 Å². The van der Waals surface area contributed by atoms with E-state index in [9.17, 15) is 4.79 Å². The summed E-state index contributed by atoms with van der Waals surface area (Å²) in [6.45, 7) is 12.3. The quantitative estimate of drug-likeness (QED) is 0.478. The number of carbonyl (C=O) groups excluding carboxylic acids is 1. The van der Waals surface area contributed by atoms with Crippen LogP contribution in [0.3, 0.4) is 0 Å². The van der Waals surface area contributed by atoms with Gasteiger partial charge in [0.05, 0.1) is 0 Å². The molecule has 0 saturated heterocycles. The Morgan fingerprint density at radius 3 is 1.76 bits per heavy atom. The fourth-order valence-corrected chi connectivity index (χ4v) is 7.98. The van der Waals surface area contributed by atoms with Crippen LogP contribution in [0.4, 0.5) is 0 Å². The monoisotopic (exact) mass is 407 g/mol. The molecule has 2 aromatic carbocycles. The van der Waals surface area contributed by atoms with E-state index in [1.807, 2.05) is 32.9 Å². The molecule has 1 unspecified atom stereocenters. The van der Waals surface area contributed by atoms with E-state index in [0.29, 0.717) is 0 Å². The zero-order valence-electron chi connectivity index (χ0n) is 18.5. The largest absolute Gasteiger partial charge is 0.459 e. The Morgan fingerprint density at radius 1 is 0.931 bits per heavy atom. The molecule has 3 nitrogen and oxygen atoms in total. The first-order chi connectivity index (χ1) is 13.5. The Balaban J connectivity index is 2.48. The van der Waals surface area contributed by atoms with Gasteiger partial charge in [0.15, 0.2) is 0 Å². The third kappa shape index (κ3) is 5.59. The van der Waals surface area contributed by atoms with Gasteiger partial charge in [0.1, 0.15) is 11.6 Å². The predicted molar refractivity (Wildman–Crippen MR) is 124 cm³/mol. The van der Waals surface area contributed by atoms with Crippen LogP contribution in [0.1, 0.15) is 48.0 Å². The zero-order valence-corrected chi connectivity index (χ0v) is 19.5. The molecule has 0 saturated carbocycles. The van der Waals surface area contributed by atoms with Crippen molar-refractivity contribution < 1.29 is 9.53 Å². The highest BCUT2D eigenvalue weighted by atomic mass is 28.3. The minimum atomic E-state index is -2.47. The standard InChI is InChI=1S/C25H33NO2Si/c1-24(2,3)28-23(27)22(26)18-13-19-29(25(4,5)6,20-14-9-7-10-15-20)21-16-11-8-12-17-21/h7-12,14-17,22H,18,26H2,1-6H3. The summed E-state index contributed by atoms with van der Waals surface area (Å²) in [7, 11) is -2.47. The number of rotatable bonds is 4. The summed E-state index contributed by atoms with van der Waals surface area (Å²) in [5, 5.41) is 2.47. The number of carbonyl (C=O) groups is 1. The van der Waals surface area contributed by atoms with E-state index in [2.05, 4.69) is 80.8 Å². The molecule has 0 heterocycles. The molecule has 4 heteroatoms. The summed E-state index contributed by atoms with van der Waals surface area (Å²) in [4.78, 5) is 12.2. The first-order valence-electron chi connectivity index (χ1n) is 10.1. The van der Waals surface area contributed by atoms with Crippen molar-refractivity contribution >= 4 is 24.4 Å². The molecule has 2 rings (SSSR count). The zero-order chi connectivity index (χ0) is 21.7. The lowest BCUT2D eigenvalue weighted by Gasteiger charge is -2.39. The molecule has 0 aliphatic carbocycles. The van der Waals surface area contributed by atoms with Crippen LogP contribution < -0.4 is 16.1 Å². The predicted octanol–water partition coefficient (Wildman–Crippen LogP) is 3.65. The van der Waals surface area contributed by atoms with Crippen LogP contribution in [0.15, 0.2) is 60.7 Å². The molecule has 0 aliphatic heterocycles. The molecule has 0 fully saturated rings. The lowest BCUT2D eigenvalue weighted by molar-refractivity contribution is -0.156. The van der Waals surface area contributed by atoms with Crippen molar-refractivity contribution in [2.75, 3.05) is 0 Å². The van der Waals surface area contributed by atoms with Gasteiger partial charge in [0.25, 0.3) is 0 Å². The van der Waals surface area contributed by atoms with E-state index in [4.69, 9.17) is 10.5 Å². The maximum Gasteiger partial charge on any atom is 0.324 e. The fraction of sp³-hybridized carbons (Fsp3) is 0.400. The van der Waals surface area contributed by atoms with Gasteiger partial charge in [-0.05, 0) is 36.2 Å². The van der Waals surface area contributed by atoms with Crippen LogP contribution in [0.5, 0.6) is 0 Å². The van der Waals surface area contributed by atoms with Crippen LogP contribution in [-0.4, -0.2) is 25.7 Å². The van der Waals surface area contributed by atoms with Gasteiger partial charge in [-0.3, -0.25) is 4.79 Å². The lowest BCUT2D eigenvalue weighted by Crippen LogP contribution is -2.63. The fourth-order valence-electron chi connectivity index (χ4n) is 3.50. The molecular formula is C25H33NO2Si. The van der Waals surface area contributed by atoms with Gasteiger partial charge in [-0.25, -0.2) is 0 Å². The van der Waals surface area contributed by atoms with E-state index >= 15 is 0 Å². The average molecular weight is 408 g/mol. The summed E-state index contributed by atoms with van der Waals surface area (Å²) in [6, 6.07) is 20.3. The highest BCUT2D eigenvalue weighted by molar-refractivity contribution is 7.10. The molecule has 0 spiro atoms. The Hall–Kier alpha value is -2.35. The molecule has 0 aromatic heterocycles. The molecule has 0 radical (unpaired) electrons. The Kier molecular flexibility index (Phi) is 7.10. The molecule has 0 amide bonds. The normalized spacial score (nSPS) is 13.2. The van der Waals surface area contributed by atoms with Gasteiger partial charge in [-0.2, -0.15) is 0 Å². The van der Waals surface area contributed by atoms with Crippen molar-refractivity contribution in [1.29, 1.82) is 0 Å². The minimum Gasteiger partial charge on any atom is -0.459 e. The molecule has 1 atom stereocenters. The smallest absolute Gasteiger partial charge is 0.324 e. The average Bonchev–Trinajstić information content (AvgIpc) is 2.64. The number of hydrogen-bond acceptors (Lipinski definition) is 3. The van der Waals surface area contributed by atoms with E-state index in [1.165, 1.54) is 10.4 Å². The Labute approximate surface area is 176 Å². The SMILES string of the molecule is CC(C)(C)OC(=O)C(N)CC#C[Si](c1ccccc1)(c1ccccc1)C(C)(C)C. The van der Waals surface area contributed by atoms with Crippen LogP contribution >= 0.6 is 0 Å². The molecule has 0 bridgehead atoms. The summed E-state index contributed by atoms with van der Waals surface area (Å²) >= 11 is 0. The molecule has 2 aromatic rings. The van der Waals surface area contributed by atoms with Crippen LogP contribution in [0, 0.1) is 11.5 Å². The van der Waals surface area contributed by atoms with Crippen molar-refractivity contribution in [3.05, 3.63) is 60.7 Å². The minimum absolute atomic E-state index is 0.0568. The van der Waals surface area contributed by atoms with Crippen LogP contribution in [-0.2, 0) is 9.53 Å². The summed E-state index contributed by atoms with van der Waals surface area (Å²) in [6.07, 6.45) is 0.277. The summed E-state index contributed by atoms with van der Waals surface area (Å²) in [5.74, 6) is 2.87. The molecule has 154 valence electrons. The summed E-state index contributed by atoms with van der Waals surface area (Å²) in [5.41, 5.74) is 9.18. The third-order valence-electron chi connectivity index (χ3n) is 4.85. The van der Waals surface area contributed by atoms with Gasteiger partial charge >= 0.3 is 5.97 Å². The van der Waals surface area contributed by atoms with E-state index < -0.39 is 25.7 Å². The molecule has 29 heavy (non-hydrogen) atoms. The van der Waals surface area contributed by atoms with Gasteiger partial charge in [-0.15, -0.1) is 11.5 Å². The van der Waals surface area contributed by atoms with Gasteiger partial charge in [-0.1, -0.05) is 81.4 Å². The third-order valence-corrected chi connectivity index (χ3v) is 10.0. The van der Waals surface area contributed by atoms with Gasteiger partial charge in [0.2, 0.25) is 8.07 Å². The van der Waals surface area contributed by atoms with Crippen LogP contribution in [0.2, 0.25) is 5.04 Å². The maximum atomic E-state index is 12.2. The first-order valence-corrected chi connectivity index (χ1v) is 12.1. The van der Waals surface area contributed by atoms with Crippen molar-refractivity contribution in [2.45, 2.75) is 64.6 Å². The second-order valence-electron chi connectivity index (χ2n) is 9.38. The second-order valence-corrected chi connectivity index (χ2v) is 13.8. The van der Waals surface area contributed by atoms with Crippen molar-refractivity contribution in [1.82, 2.24) is 0 Å². The number of esters is 1. The summed E-state index contributed by atoms with van der Waals surface area (Å²) < 4.78 is 5.40. The van der Waals surface area contributed by atoms with Gasteiger partial charge in [0, 0.05) is 6.42 Å². The number of hydrogen-bond donors (Lipinski definition) is 1. The Bertz CT molecular complexity index is 829. The maximum absolute atomic E-state index is 12.2. The number of nitrogens with two attached hydrogens (primary N) is 1. The van der Waals surface area contributed by atoms with Crippen molar-refractivity contribution in [3.63, 3.8) is 0 Å². The first kappa shape index (κ1) is 22.9. The Morgan fingerprint density at radius 2 is 1.38 bits per heavy atom. The number of benzene rings is 2. The molecule has 0 aliphatic rings. The molecular weight excluding hydrogens is 374 g/mol. The second kappa shape index (κ2) is 8.98. The number of ether oxygens (including phenoxy) is 1. The van der Waals surface area contributed by atoms with E-state index in [1.54, 1.807) is 0 Å². The molecule has 2 N–H and O–H groups in total. The van der Waals surface area contributed by atoms with Crippen LogP contribution in [0.25, 0.3) is 0 Å². The lowest BCUT2D eigenvalue weighted by atomic mass is 10.2. The van der Waals surface area contributed by atoms with Gasteiger partial charge < -0.3 is 10.5 Å². The highest BCUT2D eigenvalue weighted by Gasteiger charge is 2.46. The topological polar surface area (TPSA) is 52.3 Å². The van der Waals surface area contributed by atoms with E-state index in [-0.39, 0.29) is 11.5 Å². The van der Waals surface area contributed by atoms with Crippen molar-refractivity contribution in [3.8, 4) is 11.5 Å². The van der Waals surface area contributed by atoms with Crippen molar-refractivity contribution in [2.24, 2.45) is 5.73 Å².